The number of rotatable bonds is 5. The number of hydrogen-bond acceptors (Lipinski definition) is 4. The van der Waals surface area contributed by atoms with Gasteiger partial charge in [0.05, 0.1) is 0 Å². The van der Waals surface area contributed by atoms with E-state index in [2.05, 4.69) is 46.4 Å². The zero-order valence-corrected chi connectivity index (χ0v) is 16.7. The average Bonchev–Trinajstić information content (AvgIpc) is 2.76. The van der Waals surface area contributed by atoms with Crippen molar-refractivity contribution < 1.29 is 4.79 Å². The van der Waals surface area contributed by atoms with Gasteiger partial charge in [0.15, 0.2) is 0 Å². The fourth-order valence-corrected chi connectivity index (χ4v) is 3.55. The predicted molar refractivity (Wildman–Crippen MR) is 116 cm³/mol. The van der Waals surface area contributed by atoms with Crippen LogP contribution in [-0.4, -0.2) is 46.9 Å². The number of piperazine rings is 1. The second-order valence-electron chi connectivity index (χ2n) is 7.47. The number of carbonyl (C=O) groups excluding carboxylic acids is 1. The number of carbonyl (C=O) groups is 1. The largest absolute Gasteiger partial charge is 0.340 e. The molecule has 1 saturated heterocycles. The molecule has 1 aliphatic heterocycles. The molecule has 29 heavy (non-hydrogen) atoms. The molecule has 1 fully saturated rings. The summed E-state index contributed by atoms with van der Waals surface area (Å²) in [6, 6.07) is 22.2. The first-order chi connectivity index (χ1) is 14.2. The SMILES string of the molecule is Cc1ccc(Nc2cc(C(=O)N3CCN(Cc4ccccc4)CC3)ccn2)cc1. The van der Waals surface area contributed by atoms with Gasteiger partial charge in [-0.2, -0.15) is 0 Å². The Kier molecular flexibility index (Phi) is 5.86. The van der Waals surface area contributed by atoms with E-state index >= 15 is 0 Å². The lowest BCUT2D eigenvalue weighted by atomic mass is 10.1. The molecule has 2 heterocycles. The van der Waals surface area contributed by atoms with Crippen LogP contribution in [0.1, 0.15) is 21.5 Å². The van der Waals surface area contributed by atoms with E-state index in [1.807, 2.05) is 41.3 Å². The highest BCUT2D eigenvalue weighted by Gasteiger charge is 2.22. The summed E-state index contributed by atoms with van der Waals surface area (Å²) in [6.07, 6.45) is 1.69. The Morgan fingerprint density at radius 3 is 2.41 bits per heavy atom. The van der Waals surface area contributed by atoms with Crippen LogP contribution in [0.4, 0.5) is 11.5 Å². The Morgan fingerprint density at radius 2 is 1.69 bits per heavy atom. The minimum atomic E-state index is 0.0683. The minimum absolute atomic E-state index is 0.0683. The number of pyridine rings is 1. The molecule has 0 aliphatic carbocycles. The summed E-state index contributed by atoms with van der Waals surface area (Å²) in [5, 5.41) is 3.27. The van der Waals surface area contributed by atoms with Gasteiger partial charge in [-0.1, -0.05) is 48.0 Å². The van der Waals surface area contributed by atoms with E-state index in [-0.39, 0.29) is 5.91 Å². The zero-order chi connectivity index (χ0) is 20.1. The third kappa shape index (κ3) is 5.00. The van der Waals surface area contributed by atoms with Crippen LogP contribution < -0.4 is 5.32 Å². The lowest BCUT2D eigenvalue weighted by Gasteiger charge is -2.34. The molecule has 1 aromatic heterocycles. The third-order valence-corrected chi connectivity index (χ3v) is 5.24. The molecule has 0 unspecified atom stereocenters. The molecule has 1 aliphatic rings. The van der Waals surface area contributed by atoms with Crippen molar-refractivity contribution >= 4 is 17.4 Å². The van der Waals surface area contributed by atoms with Gasteiger partial charge in [0, 0.05) is 50.2 Å². The van der Waals surface area contributed by atoms with E-state index in [4.69, 9.17) is 0 Å². The van der Waals surface area contributed by atoms with Crippen LogP contribution >= 0.6 is 0 Å². The monoisotopic (exact) mass is 386 g/mol. The van der Waals surface area contributed by atoms with Gasteiger partial charge in [-0.05, 0) is 36.8 Å². The van der Waals surface area contributed by atoms with Crippen molar-refractivity contribution in [3.63, 3.8) is 0 Å². The lowest BCUT2D eigenvalue weighted by Crippen LogP contribution is -2.48. The Labute approximate surface area is 172 Å². The quantitative estimate of drug-likeness (QED) is 0.717. The number of hydrogen-bond donors (Lipinski definition) is 1. The summed E-state index contributed by atoms with van der Waals surface area (Å²) in [6.45, 7) is 6.26. The number of nitrogens with one attached hydrogen (secondary N) is 1. The molecule has 0 bridgehead atoms. The molecule has 0 atom stereocenters. The van der Waals surface area contributed by atoms with Gasteiger partial charge in [0.2, 0.25) is 0 Å². The Morgan fingerprint density at radius 1 is 0.966 bits per heavy atom. The van der Waals surface area contributed by atoms with Crippen LogP contribution in [0.2, 0.25) is 0 Å². The van der Waals surface area contributed by atoms with Gasteiger partial charge < -0.3 is 10.2 Å². The van der Waals surface area contributed by atoms with Crippen LogP contribution in [0.25, 0.3) is 0 Å². The molecule has 148 valence electrons. The first kappa shape index (κ1) is 19.2. The number of benzene rings is 2. The molecular formula is C24H26N4O. The first-order valence-electron chi connectivity index (χ1n) is 10.0. The van der Waals surface area contributed by atoms with E-state index < -0.39 is 0 Å². The van der Waals surface area contributed by atoms with Crippen LogP contribution in [0.3, 0.4) is 0 Å². The van der Waals surface area contributed by atoms with Crippen molar-refractivity contribution in [2.75, 3.05) is 31.5 Å². The Hall–Kier alpha value is -3.18. The van der Waals surface area contributed by atoms with Gasteiger partial charge in [-0.3, -0.25) is 9.69 Å². The van der Waals surface area contributed by atoms with Gasteiger partial charge >= 0.3 is 0 Å². The standard InChI is InChI=1S/C24H26N4O/c1-19-7-9-22(10-8-19)26-23-17-21(11-12-25-23)24(29)28-15-13-27(14-16-28)18-20-5-3-2-4-6-20/h2-12,17H,13-16,18H2,1H3,(H,25,26). The Bertz CT molecular complexity index is 948. The molecule has 0 saturated carbocycles. The van der Waals surface area contributed by atoms with Crippen LogP contribution in [0, 0.1) is 6.92 Å². The van der Waals surface area contributed by atoms with Gasteiger partial charge in [0.25, 0.3) is 5.91 Å². The third-order valence-electron chi connectivity index (χ3n) is 5.24. The van der Waals surface area contributed by atoms with Crippen LogP contribution in [0.5, 0.6) is 0 Å². The molecule has 2 aromatic carbocycles. The summed E-state index contributed by atoms with van der Waals surface area (Å²) < 4.78 is 0. The molecule has 1 amide bonds. The maximum atomic E-state index is 13.0. The van der Waals surface area contributed by atoms with E-state index in [1.165, 1.54) is 11.1 Å². The summed E-state index contributed by atoms with van der Waals surface area (Å²) >= 11 is 0. The second kappa shape index (κ2) is 8.88. The number of nitrogens with zero attached hydrogens (tertiary/aromatic N) is 3. The summed E-state index contributed by atoms with van der Waals surface area (Å²) in [5.74, 6) is 0.751. The van der Waals surface area contributed by atoms with Crippen LogP contribution in [-0.2, 0) is 6.54 Å². The molecule has 3 aromatic rings. The number of anilines is 2. The molecular weight excluding hydrogens is 360 g/mol. The maximum Gasteiger partial charge on any atom is 0.254 e. The summed E-state index contributed by atoms with van der Waals surface area (Å²) in [4.78, 5) is 21.7. The van der Waals surface area contributed by atoms with E-state index in [9.17, 15) is 4.79 Å². The highest BCUT2D eigenvalue weighted by atomic mass is 16.2. The van der Waals surface area contributed by atoms with E-state index in [1.54, 1.807) is 12.3 Å². The van der Waals surface area contributed by atoms with Gasteiger partial charge in [0.1, 0.15) is 5.82 Å². The van der Waals surface area contributed by atoms with Crippen molar-refractivity contribution in [2.45, 2.75) is 13.5 Å². The Balaban J connectivity index is 1.35. The second-order valence-corrected chi connectivity index (χ2v) is 7.47. The molecule has 5 heteroatoms. The molecule has 0 radical (unpaired) electrons. The van der Waals surface area contributed by atoms with Crippen molar-refractivity contribution in [1.29, 1.82) is 0 Å². The number of aryl methyl sites for hydroxylation is 1. The number of amides is 1. The first-order valence-corrected chi connectivity index (χ1v) is 10.0. The van der Waals surface area contributed by atoms with Crippen molar-refractivity contribution in [2.24, 2.45) is 0 Å². The highest BCUT2D eigenvalue weighted by Crippen LogP contribution is 2.18. The van der Waals surface area contributed by atoms with Crippen molar-refractivity contribution in [3.05, 3.63) is 89.6 Å². The fraction of sp³-hybridized carbons (Fsp3) is 0.250. The van der Waals surface area contributed by atoms with Crippen molar-refractivity contribution in [1.82, 2.24) is 14.8 Å². The predicted octanol–water partition coefficient (Wildman–Crippen LogP) is 4.09. The lowest BCUT2D eigenvalue weighted by molar-refractivity contribution is 0.0628. The molecule has 4 rings (SSSR count). The van der Waals surface area contributed by atoms with E-state index in [0.717, 1.165) is 38.4 Å². The van der Waals surface area contributed by atoms with Gasteiger partial charge in [-0.25, -0.2) is 4.98 Å². The molecule has 1 N–H and O–H groups in total. The highest BCUT2D eigenvalue weighted by molar-refractivity contribution is 5.95. The van der Waals surface area contributed by atoms with Crippen LogP contribution in [0.15, 0.2) is 72.9 Å². The van der Waals surface area contributed by atoms with Gasteiger partial charge in [-0.15, -0.1) is 0 Å². The average molecular weight is 386 g/mol. The van der Waals surface area contributed by atoms with E-state index in [0.29, 0.717) is 11.4 Å². The summed E-state index contributed by atoms with van der Waals surface area (Å²) in [7, 11) is 0. The summed E-state index contributed by atoms with van der Waals surface area (Å²) in [5.41, 5.74) is 4.15. The topological polar surface area (TPSA) is 48.5 Å². The zero-order valence-electron chi connectivity index (χ0n) is 16.7. The molecule has 5 nitrogen and oxygen atoms in total. The maximum absolute atomic E-state index is 13.0. The smallest absolute Gasteiger partial charge is 0.254 e. The fourth-order valence-electron chi connectivity index (χ4n) is 3.55. The number of aromatic nitrogens is 1. The van der Waals surface area contributed by atoms with Crippen molar-refractivity contribution in [3.8, 4) is 0 Å². The minimum Gasteiger partial charge on any atom is -0.340 e. The normalized spacial score (nSPS) is 14.6. The molecule has 0 spiro atoms.